The van der Waals surface area contributed by atoms with Gasteiger partial charge in [-0.05, 0) is 38.1 Å². The zero-order valence-corrected chi connectivity index (χ0v) is 12.0. The van der Waals surface area contributed by atoms with Gasteiger partial charge in [0.2, 0.25) is 0 Å². The molecule has 2 aromatic rings. The molecule has 0 saturated heterocycles. The summed E-state index contributed by atoms with van der Waals surface area (Å²) in [7, 11) is 2.05. The lowest BCUT2D eigenvalue weighted by atomic mass is 9.79. The maximum Gasteiger partial charge on any atom is 0.197 e. The highest BCUT2D eigenvalue weighted by Gasteiger charge is 2.32. The molecule has 0 unspecified atom stereocenters. The summed E-state index contributed by atoms with van der Waals surface area (Å²) in [6.45, 7) is 0. The van der Waals surface area contributed by atoms with Crippen molar-refractivity contribution in [3.05, 3.63) is 29.1 Å². The molecule has 1 saturated carbocycles. The van der Waals surface area contributed by atoms with E-state index < -0.39 is 0 Å². The monoisotopic (exact) mass is 278 g/mol. The van der Waals surface area contributed by atoms with Crippen molar-refractivity contribution >= 4 is 22.7 Å². The Balaban J connectivity index is 1.87. The highest BCUT2D eigenvalue weighted by molar-refractivity contribution is 6.31. The number of hydrogen-bond donors (Lipinski definition) is 1. The first kappa shape index (κ1) is 12.9. The van der Waals surface area contributed by atoms with Crippen molar-refractivity contribution in [3.63, 3.8) is 0 Å². The standard InChI is InChI=1S/C15H19ClN2O/c1-17-15(7-3-2-4-8-15)10-14-18-12-9-11(16)5-6-13(12)19-14/h5-6,9,17H,2-4,7-8,10H2,1H3. The van der Waals surface area contributed by atoms with Crippen LogP contribution < -0.4 is 5.32 Å². The second kappa shape index (κ2) is 5.14. The number of fused-ring (bicyclic) bond motifs is 1. The van der Waals surface area contributed by atoms with Crippen LogP contribution in [0.1, 0.15) is 38.0 Å². The summed E-state index contributed by atoms with van der Waals surface area (Å²) in [5.74, 6) is 0.813. The summed E-state index contributed by atoms with van der Waals surface area (Å²) in [6.07, 6.45) is 7.16. The number of nitrogens with one attached hydrogen (secondary N) is 1. The number of aromatic nitrogens is 1. The van der Waals surface area contributed by atoms with E-state index in [1.807, 2.05) is 25.2 Å². The second-order valence-corrected chi connectivity index (χ2v) is 5.92. The van der Waals surface area contributed by atoms with E-state index in [4.69, 9.17) is 16.0 Å². The van der Waals surface area contributed by atoms with Crippen LogP contribution in [0.4, 0.5) is 0 Å². The van der Waals surface area contributed by atoms with Gasteiger partial charge in [0.05, 0.1) is 0 Å². The average Bonchev–Trinajstić information content (AvgIpc) is 2.81. The Hall–Kier alpha value is -1.06. The minimum Gasteiger partial charge on any atom is -0.441 e. The number of oxazole rings is 1. The Morgan fingerprint density at radius 2 is 2.11 bits per heavy atom. The van der Waals surface area contributed by atoms with Gasteiger partial charge in [-0.25, -0.2) is 4.98 Å². The number of nitrogens with zero attached hydrogens (tertiary/aromatic N) is 1. The fraction of sp³-hybridized carbons (Fsp3) is 0.533. The van der Waals surface area contributed by atoms with E-state index in [-0.39, 0.29) is 5.54 Å². The fourth-order valence-corrected chi connectivity index (χ4v) is 3.22. The van der Waals surface area contributed by atoms with Crippen LogP contribution in [0, 0.1) is 0 Å². The maximum atomic E-state index is 5.98. The Morgan fingerprint density at radius 3 is 2.84 bits per heavy atom. The molecule has 1 aromatic heterocycles. The SMILES string of the molecule is CNC1(Cc2nc3cc(Cl)ccc3o2)CCCCC1. The van der Waals surface area contributed by atoms with Gasteiger partial charge in [0, 0.05) is 17.0 Å². The van der Waals surface area contributed by atoms with Gasteiger partial charge in [-0.3, -0.25) is 0 Å². The van der Waals surface area contributed by atoms with Gasteiger partial charge >= 0.3 is 0 Å². The minimum absolute atomic E-state index is 0.156. The fourth-order valence-electron chi connectivity index (χ4n) is 3.06. The number of likely N-dealkylation sites (N-methyl/N-ethyl adjacent to an activating group) is 1. The van der Waals surface area contributed by atoms with Crippen LogP contribution >= 0.6 is 11.6 Å². The lowest BCUT2D eigenvalue weighted by Crippen LogP contribution is -2.46. The van der Waals surface area contributed by atoms with Gasteiger partial charge in [-0.1, -0.05) is 30.9 Å². The third-order valence-electron chi connectivity index (χ3n) is 4.22. The van der Waals surface area contributed by atoms with Crippen LogP contribution in [0.5, 0.6) is 0 Å². The van der Waals surface area contributed by atoms with Crippen molar-refractivity contribution in [2.45, 2.75) is 44.1 Å². The molecule has 1 fully saturated rings. The molecule has 3 nitrogen and oxygen atoms in total. The number of halogens is 1. The topological polar surface area (TPSA) is 38.1 Å². The van der Waals surface area contributed by atoms with Crippen molar-refractivity contribution in [3.8, 4) is 0 Å². The molecule has 1 heterocycles. The number of hydrogen-bond acceptors (Lipinski definition) is 3. The summed E-state index contributed by atoms with van der Waals surface area (Å²) in [4.78, 5) is 4.57. The number of rotatable bonds is 3. The highest BCUT2D eigenvalue weighted by atomic mass is 35.5. The van der Waals surface area contributed by atoms with E-state index in [0.717, 1.165) is 23.4 Å². The molecule has 19 heavy (non-hydrogen) atoms. The van der Waals surface area contributed by atoms with Crippen LogP contribution in [0.15, 0.2) is 22.6 Å². The zero-order valence-electron chi connectivity index (χ0n) is 11.2. The molecule has 0 spiro atoms. The molecule has 0 amide bonds. The van der Waals surface area contributed by atoms with Gasteiger partial charge in [0.15, 0.2) is 11.5 Å². The molecule has 1 aromatic carbocycles. The molecule has 3 rings (SSSR count). The lowest BCUT2D eigenvalue weighted by molar-refractivity contribution is 0.230. The zero-order chi connectivity index (χ0) is 13.3. The first-order valence-electron chi connectivity index (χ1n) is 6.95. The van der Waals surface area contributed by atoms with Crippen LogP contribution in [-0.2, 0) is 6.42 Å². The number of benzene rings is 1. The Labute approximate surface area is 118 Å². The quantitative estimate of drug-likeness (QED) is 0.924. The average molecular weight is 279 g/mol. The summed E-state index contributed by atoms with van der Waals surface area (Å²) < 4.78 is 5.84. The highest BCUT2D eigenvalue weighted by Crippen LogP contribution is 2.32. The molecule has 1 aliphatic rings. The Kier molecular flexibility index (Phi) is 3.50. The molecule has 0 bridgehead atoms. The van der Waals surface area contributed by atoms with Crippen molar-refractivity contribution in [1.82, 2.24) is 10.3 Å². The normalized spacial score (nSPS) is 18.8. The lowest BCUT2D eigenvalue weighted by Gasteiger charge is -2.36. The Morgan fingerprint density at radius 1 is 1.32 bits per heavy atom. The molecular formula is C15H19ClN2O. The van der Waals surface area contributed by atoms with Crippen LogP contribution in [0.3, 0.4) is 0 Å². The van der Waals surface area contributed by atoms with Crippen LogP contribution in [-0.4, -0.2) is 17.6 Å². The molecule has 0 atom stereocenters. The van der Waals surface area contributed by atoms with Gasteiger partial charge in [-0.15, -0.1) is 0 Å². The summed E-state index contributed by atoms with van der Waals surface area (Å²) in [5, 5.41) is 4.20. The van der Waals surface area contributed by atoms with Gasteiger partial charge < -0.3 is 9.73 Å². The van der Waals surface area contributed by atoms with Crippen molar-refractivity contribution in [2.24, 2.45) is 0 Å². The second-order valence-electron chi connectivity index (χ2n) is 5.49. The first-order chi connectivity index (χ1) is 9.21. The molecular weight excluding hydrogens is 260 g/mol. The van der Waals surface area contributed by atoms with Crippen LogP contribution in [0.25, 0.3) is 11.1 Å². The minimum atomic E-state index is 0.156. The molecule has 0 aliphatic heterocycles. The summed E-state index contributed by atoms with van der Waals surface area (Å²) in [5.41, 5.74) is 1.83. The van der Waals surface area contributed by atoms with E-state index in [0.29, 0.717) is 5.02 Å². The molecule has 0 radical (unpaired) electrons. The largest absolute Gasteiger partial charge is 0.441 e. The summed E-state index contributed by atoms with van der Waals surface area (Å²) >= 11 is 5.98. The van der Waals surface area contributed by atoms with Crippen molar-refractivity contribution < 1.29 is 4.42 Å². The van der Waals surface area contributed by atoms with E-state index in [2.05, 4.69) is 10.3 Å². The van der Waals surface area contributed by atoms with E-state index >= 15 is 0 Å². The van der Waals surface area contributed by atoms with Crippen LogP contribution in [0.2, 0.25) is 5.02 Å². The predicted molar refractivity (Wildman–Crippen MR) is 77.6 cm³/mol. The van der Waals surface area contributed by atoms with Gasteiger partial charge in [0.1, 0.15) is 5.52 Å². The van der Waals surface area contributed by atoms with E-state index in [1.165, 1.54) is 32.1 Å². The third kappa shape index (κ3) is 2.63. The smallest absolute Gasteiger partial charge is 0.197 e. The summed E-state index contributed by atoms with van der Waals surface area (Å²) in [6, 6.07) is 5.59. The van der Waals surface area contributed by atoms with Gasteiger partial charge in [-0.2, -0.15) is 0 Å². The van der Waals surface area contributed by atoms with E-state index in [9.17, 15) is 0 Å². The molecule has 4 heteroatoms. The Bertz CT molecular complexity index is 573. The maximum absolute atomic E-state index is 5.98. The predicted octanol–water partition coefficient (Wildman–Crippen LogP) is 3.95. The molecule has 102 valence electrons. The van der Waals surface area contributed by atoms with Gasteiger partial charge in [0.25, 0.3) is 0 Å². The van der Waals surface area contributed by atoms with Crippen molar-refractivity contribution in [2.75, 3.05) is 7.05 Å². The third-order valence-corrected chi connectivity index (χ3v) is 4.46. The molecule has 1 N–H and O–H groups in total. The van der Waals surface area contributed by atoms with Crippen molar-refractivity contribution in [1.29, 1.82) is 0 Å². The first-order valence-corrected chi connectivity index (χ1v) is 7.32. The molecule has 1 aliphatic carbocycles. The van der Waals surface area contributed by atoms with E-state index in [1.54, 1.807) is 0 Å².